The first-order chi connectivity index (χ1) is 13.0. The van der Waals surface area contributed by atoms with Crippen molar-refractivity contribution in [3.8, 4) is 0 Å². The van der Waals surface area contributed by atoms with E-state index in [-0.39, 0.29) is 11.9 Å². The van der Waals surface area contributed by atoms with Crippen molar-refractivity contribution < 1.29 is 4.79 Å². The molecule has 6 heteroatoms. The van der Waals surface area contributed by atoms with E-state index in [0.29, 0.717) is 0 Å². The van der Waals surface area contributed by atoms with Crippen LogP contribution in [0.4, 0.5) is 0 Å². The second-order valence-corrected chi connectivity index (χ2v) is 8.17. The molecule has 27 heavy (non-hydrogen) atoms. The van der Waals surface area contributed by atoms with Gasteiger partial charge in [0.15, 0.2) is 0 Å². The molecule has 1 aliphatic rings. The number of hydrogen-bond donors (Lipinski definition) is 0. The summed E-state index contributed by atoms with van der Waals surface area (Å²) < 4.78 is 3.03. The van der Waals surface area contributed by atoms with Crippen LogP contribution in [0, 0.1) is 13.8 Å². The molecule has 1 unspecified atom stereocenters. The summed E-state index contributed by atoms with van der Waals surface area (Å²) in [4.78, 5) is 19.8. The molecule has 1 atom stereocenters. The van der Waals surface area contributed by atoms with Gasteiger partial charge in [-0.2, -0.15) is 5.10 Å². The number of carbonyl (C=O) groups excluding carboxylic acids is 1. The van der Waals surface area contributed by atoms with E-state index in [4.69, 9.17) is 4.98 Å². The van der Waals surface area contributed by atoms with Crippen LogP contribution < -0.4 is 0 Å². The smallest absolute Gasteiger partial charge is 0.247 e. The van der Waals surface area contributed by atoms with Crippen LogP contribution in [0.1, 0.15) is 47.3 Å². The van der Waals surface area contributed by atoms with Gasteiger partial charge in [-0.25, -0.2) is 4.98 Å². The van der Waals surface area contributed by atoms with Gasteiger partial charge in [0, 0.05) is 30.9 Å². The molecular weight excluding hydrogens is 356 g/mol. The van der Waals surface area contributed by atoms with E-state index in [9.17, 15) is 4.79 Å². The number of hydrogen-bond acceptors (Lipinski definition) is 4. The molecule has 0 spiro atoms. The molecule has 140 valence electrons. The van der Waals surface area contributed by atoms with E-state index in [1.165, 1.54) is 4.70 Å². The van der Waals surface area contributed by atoms with Gasteiger partial charge < -0.3 is 4.90 Å². The monoisotopic (exact) mass is 380 g/mol. The fourth-order valence-electron chi connectivity index (χ4n) is 3.77. The minimum atomic E-state index is 0.0570. The zero-order valence-electron chi connectivity index (χ0n) is 16.0. The molecule has 0 radical (unpaired) electrons. The van der Waals surface area contributed by atoms with Crippen LogP contribution in [0.5, 0.6) is 0 Å². The largest absolute Gasteiger partial charge is 0.330 e. The Bertz CT molecular complexity index is 984. The van der Waals surface area contributed by atoms with Gasteiger partial charge >= 0.3 is 0 Å². The Hall–Kier alpha value is -2.47. The van der Waals surface area contributed by atoms with E-state index < -0.39 is 0 Å². The second-order valence-electron chi connectivity index (χ2n) is 7.10. The van der Waals surface area contributed by atoms with Crippen molar-refractivity contribution in [2.75, 3.05) is 6.54 Å². The molecule has 1 aliphatic heterocycles. The third-order valence-corrected chi connectivity index (χ3v) is 6.48. The molecule has 0 N–H and O–H groups in total. The Kier molecular flexibility index (Phi) is 4.83. The van der Waals surface area contributed by atoms with E-state index in [1.54, 1.807) is 17.4 Å². The average molecular weight is 381 g/mol. The van der Waals surface area contributed by atoms with Crippen LogP contribution in [-0.2, 0) is 11.8 Å². The lowest BCUT2D eigenvalue weighted by Gasteiger charge is -2.33. The number of nitrogens with zero attached hydrogens (tertiary/aromatic N) is 4. The van der Waals surface area contributed by atoms with Gasteiger partial charge in [-0.15, -0.1) is 11.3 Å². The lowest BCUT2D eigenvalue weighted by atomic mass is 10.0. The molecule has 0 saturated carbocycles. The van der Waals surface area contributed by atoms with Gasteiger partial charge in [-0.05, 0) is 51.3 Å². The third kappa shape index (κ3) is 3.41. The molecule has 1 amide bonds. The summed E-state index contributed by atoms with van der Waals surface area (Å²) in [5, 5.41) is 5.47. The van der Waals surface area contributed by atoms with E-state index in [2.05, 4.69) is 11.2 Å². The van der Waals surface area contributed by atoms with Crippen LogP contribution in [0.25, 0.3) is 16.3 Å². The summed E-state index contributed by atoms with van der Waals surface area (Å²) in [6.45, 7) is 4.78. The van der Waals surface area contributed by atoms with Gasteiger partial charge in [-0.1, -0.05) is 12.1 Å². The number of fused-ring (bicyclic) bond motifs is 1. The Balaban J connectivity index is 1.60. The Labute approximate surface area is 163 Å². The molecule has 5 nitrogen and oxygen atoms in total. The Morgan fingerprint density at radius 1 is 1.26 bits per heavy atom. The molecule has 3 aromatic rings. The highest BCUT2D eigenvalue weighted by molar-refractivity contribution is 7.18. The predicted octanol–water partition coefficient (Wildman–Crippen LogP) is 4.41. The molecule has 1 fully saturated rings. The quantitative estimate of drug-likeness (QED) is 0.632. The number of likely N-dealkylation sites (tertiary alicyclic amines) is 1. The topological polar surface area (TPSA) is 51.0 Å². The lowest BCUT2D eigenvalue weighted by molar-refractivity contribution is -0.129. The highest BCUT2D eigenvalue weighted by Crippen LogP contribution is 2.35. The Morgan fingerprint density at radius 3 is 2.81 bits per heavy atom. The molecule has 0 aliphatic carbocycles. The fraction of sp³-hybridized carbons (Fsp3) is 0.381. The minimum absolute atomic E-state index is 0.0570. The number of rotatable bonds is 3. The van der Waals surface area contributed by atoms with Gasteiger partial charge in [0.25, 0.3) is 0 Å². The molecule has 2 aromatic heterocycles. The first-order valence-corrected chi connectivity index (χ1v) is 10.2. The fourth-order valence-corrected chi connectivity index (χ4v) is 4.88. The minimum Gasteiger partial charge on any atom is -0.330 e. The van der Waals surface area contributed by atoms with Crippen molar-refractivity contribution in [1.29, 1.82) is 0 Å². The maximum atomic E-state index is 13.0. The summed E-state index contributed by atoms with van der Waals surface area (Å²) in [5.41, 5.74) is 4.06. The number of aromatic nitrogens is 3. The van der Waals surface area contributed by atoms with E-state index >= 15 is 0 Å². The zero-order valence-corrected chi connectivity index (χ0v) is 16.8. The summed E-state index contributed by atoms with van der Waals surface area (Å²) in [7, 11) is 1.93. The maximum absolute atomic E-state index is 13.0. The standard InChI is InChI=1S/C21H24N4OS/c1-14-16(15(2)24(3)23-14)11-12-20(26)25-13-7-6-9-18(25)21-22-17-8-4-5-10-19(17)27-21/h4-5,8,10-12,18H,6-7,9,13H2,1-3H3/b12-11+. The third-order valence-electron chi connectivity index (χ3n) is 5.34. The number of piperidine rings is 1. The first kappa shape index (κ1) is 17.9. The van der Waals surface area contributed by atoms with Crippen molar-refractivity contribution >= 4 is 33.5 Å². The molecular formula is C21H24N4OS. The predicted molar refractivity (Wildman–Crippen MR) is 110 cm³/mol. The SMILES string of the molecule is Cc1nn(C)c(C)c1/C=C/C(=O)N1CCCCC1c1nc2ccccc2s1. The van der Waals surface area contributed by atoms with E-state index in [1.807, 2.05) is 54.8 Å². The highest BCUT2D eigenvalue weighted by Gasteiger charge is 2.29. The number of carbonyl (C=O) groups is 1. The van der Waals surface area contributed by atoms with Crippen LogP contribution >= 0.6 is 11.3 Å². The van der Waals surface area contributed by atoms with Gasteiger partial charge in [0.2, 0.25) is 5.91 Å². The number of thiazole rings is 1. The van der Waals surface area contributed by atoms with Crippen molar-refractivity contribution in [2.45, 2.75) is 39.2 Å². The summed E-state index contributed by atoms with van der Waals surface area (Å²) in [6.07, 6.45) is 6.76. The normalized spacial score (nSPS) is 17.9. The van der Waals surface area contributed by atoms with E-state index in [0.717, 1.165) is 53.3 Å². The maximum Gasteiger partial charge on any atom is 0.247 e. The second kappa shape index (κ2) is 7.27. The summed E-state index contributed by atoms with van der Waals surface area (Å²) in [5.74, 6) is 0.0570. The van der Waals surface area contributed by atoms with Gasteiger partial charge in [-0.3, -0.25) is 9.48 Å². The molecule has 0 bridgehead atoms. The summed E-state index contributed by atoms with van der Waals surface area (Å²) in [6, 6.07) is 8.26. The molecule has 1 saturated heterocycles. The highest BCUT2D eigenvalue weighted by atomic mass is 32.1. The number of para-hydroxylation sites is 1. The van der Waals surface area contributed by atoms with Crippen LogP contribution in [-0.4, -0.2) is 32.1 Å². The van der Waals surface area contributed by atoms with Gasteiger partial charge in [0.05, 0.1) is 22.0 Å². The van der Waals surface area contributed by atoms with Crippen molar-refractivity contribution in [2.24, 2.45) is 7.05 Å². The van der Waals surface area contributed by atoms with Crippen LogP contribution in [0.15, 0.2) is 30.3 Å². The van der Waals surface area contributed by atoms with Crippen molar-refractivity contribution in [3.05, 3.63) is 52.3 Å². The summed E-state index contributed by atoms with van der Waals surface area (Å²) >= 11 is 1.71. The first-order valence-electron chi connectivity index (χ1n) is 9.39. The molecule has 1 aromatic carbocycles. The number of amides is 1. The van der Waals surface area contributed by atoms with Crippen LogP contribution in [0.2, 0.25) is 0 Å². The van der Waals surface area contributed by atoms with Crippen LogP contribution in [0.3, 0.4) is 0 Å². The lowest BCUT2D eigenvalue weighted by Crippen LogP contribution is -2.37. The number of benzene rings is 1. The van der Waals surface area contributed by atoms with Crippen molar-refractivity contribution in [1.82, 2.24) is 19.7 Å². The zero-order chi connectivity index (χ0) is 19.0. The number of aryl methyl sites for hydroxylation is 2. The molecule has 3 heterocycles. The Morgan fingerprint density at radius 2 is 2.07 bits per heavy atom. The molecule has 4 rings (SSSR count). The van der Waals surface area contributed by atoms with Crippen molar-refractivity contribution in [3.63, 3.8) is 0 Å². The average Bonchev–Trinajstić information content (AvgIpc) is 3.21. The van der Waals surface area contributed by atoms with Gasteiger partial charge in [0.1, 0.15) is 5.01 Å².